The molecule has 0 aliphatic rings. The SMILES string of the molecule is CN(C)/C=C/C(=O)c1cccc(Cl)c1[N+](=O)[O-]. The third-order valence-corrected chi connectivity index (χ3v) is 2.26. The fraction of sp³-hybridized carbons (Fsp3) is 0.182. The molecule has 1 aromatic carbocycles. The monoisotopic (exact) mass is 254 g/mol. The fourth-order valence-electron chi connectivity index (χ4n) is 1.21. The van der Waals surface area contributed by atoms with Crippen LogP contribution in [0.3, 0.4) is 0 Å². The van der Waals surface area contributed by atoms with Crippen molar-refractivity contribution >= 4 is 23.1 Å². The van der Waals surface area contributed by atoms with Gasteiger partial charge in [-0.2, -0.15) is 0 Å². The number of hydrogen-bond acceptors (Lipinski definition) is 4. The van der Waals surface area contributed by atoms with E-state index in [1.54, 1.807) is 19.0 Å². The van der Waals surface area contributed by atoms with Crippen LogP contribution >= 0.6 is 11.6 Å². The molecule has 0 saturated heterocycles. The highest BCUT2D eigenvalue weighted by molar-refractivity contribution is 6.33. The first kappa shape index (κ1) is 13.2. The maximum Gasteiger partial charge on any atom is 0.298 e. The van der Waals surface area contributed by atoms with E-state index in [1.807, 2.05) is 0 Å². The van der Waals surface area contributed by atoms with Crippen LogP contribution in [0, 0.1) is 10.1 Å². The molecular formula is C11H11ClN2O3. The van der Waals surface area contributed by atoms with Gasteiger partial charge in [0.25, 0.3) is 5.69 Å². The van der Waals surface area contributed by atoms with Crippen LogP contribution in [0.2, 0.25) is 5.02 Å². The molecule has 0 fully saturated rings. The molecule has 0 N–H and O–H groups in total. The van der Waals surface area contributed by atoms with Gasteiger partial charge >= 0.3 is 0 Å². The fourth-order valence-corrected chi connectivity index (χ4v) is 1.45. The van der Waals surface area contributed by atoms with Crippen molar-refractivity contribution in [3.63, 3.8) is 0 Å². The Hall–Kier alpha value is -1.88. The Morgan fingerprint density at radius 3 is 2.65 bits per heavy atom. The molecule has 0 heterocycles. The minimum atomic E-state index is -0.654. The van der Waals surface area contributed by atoms with Crippen LogP contribution in [0.15, 0.2) is 30.5 Å². The van der Waals surface area contributed by atoms with Crippen molar-refractivity contribution in [1.82, 2.24) is 4.90 Å². The minimum Gasteiger partial charge on any atom is -0.383 e. The van der Waals surface area contributed by atoms with Crippen molar-refractivity contribution in [2.75, 3.05) is 14.1 Å². The van der Waals surface area contributed by atoms with E-state index in [9.17, 15) is 14.9 Å². The van der Waals surface area contributed by atoms with Gasteiger partial charge < -0.3 is 4.90 Å². The number of halogens is 1. The zero-order valence-corrected chi connectivity index (χ0v) is 10.1. The van der Waals surface area contributed by atoms with Gasteiger partial charge in [-0.1, -0.05) is 17.7 Å². The van der Waals surface area contributed by atoms with E-state index in [0.717, 1.165) is 0 Å². The summed E-state index contributed by atoms with van der Waals surface area (Å²) in [4.78, 5) is 23.6. The van der Waals surface area contributed by atoms with Gasteiger partial charge in [-0.15, -0.1) is 0 Å². The summed E-state index contributed by atoms with van der Waals surface area (Å²) in [5.74, 6) is -0.451. The molecule has 0 radical (unpaired) electrons. The van der Waals surface area contributed by atoms with Crippen molar-refractivity contribution in [3.8, 4) is 0 Å². The molecule has 0 unspecified atom stereocenters. The molecule has 6 heteroatoms. The van der Waals surface area contributed by atoms with E-state index in [4.69, 9.17) is 11.6 Å². The predicted octanol–water partition coefficient (Wildman–Crippen LogP) is 2.51. The van der Waals surface area contributed by atoms with Crippen LogP contribution in [-0.4, -0.2) is 29.7 Å². The molecule has 0 aliphatic heterocycles. The van der Waals surface area contributed by atoms with Crippen molar-refractivity contribution in [3.05, 3.63) is 51.2 Å². The number of rotatable bonds is 4. The van der Waals surface area contributed by atoms with Crippen LogP contribution in [0.25, 0.3) is 0 Å². The Kier molecular flexibility index (Phi) is 4.23. The largest absolute Gasteiger partial charge is 0.383 e. The number of carbonyl (C=O) groups is 1. The van der Waals surface area contributed by atoms with Gasteiger partial charge in [0.2, 0.25) is 0 Å². The summed E-state index contributed by atoms with van der Waals surface area (Å²) in [6.45, 7) is 0. The zero-order chi connectivity index (χ0) is 13.0. The number of nitro benzene ring substituents is 1. The highest BCUT2D eigenvalue weighted by atomic mass is 35.5. The Balaban J connectivity index is 3.18. The van der Waals surface area contributed by atoms with E-state index in [2.05, 4.69) is 0 Å². The summed E-state index contributed by atoms with van der Waals surface area (Å²) in [5.41, 5.74) is -0.372. The number of hydrogen-bond donors (Lipinski definition) is 0. The number of para-hydroxylation sites is 1. The van der Waals surface area contributed by atoms with Gasteiger partial charge in [0.1, 0.15) is 10.6 Å². The first-order valence-corrected chi connectivity index (χ1v) is 5.13. The molecule has 90 valence electrons. The van der Waals surface area contributed by atoms with E-state index in [-0.39, 0.29) is 16.3 Å². The van der Waals surface area contributed by atoms with E-state index >= 15 is 0 Å². The third kappa shape index (κ3) is 3.29. The van der Waals surface area contributed by atoms with E-state index in [0.29, 0.717) is 0 Å². The molecule has 1 aromatic rings. The average molecular weight is 255 g/mol. The molecule has 0 atom stereocenters. The second-order valence-electron chi connectivity index (χ2n) is 3.54. The summed E-state index contributed by atoms with van der Waals surface area (Å²) in [6, 6.07) is 4.27. The van der Waals surface area contributed by atoms with Gasteiger partial charge in [0, 0.05) is 26.4 Å². The second-order valence-corrected chi connectivity index (χ2v) is 3.94. The molecule has 1 rings (SSSR count). The molecule has 0 aromatic heterocycles. The molecular weight excluding hydrogens is 244 g/mol. The number of nitrogens with zero attached hydrogens (tertiary/aromatic N) is 2. The van der Waals surface area contributed by atoms with Crippen LogP contribution < -0.4 is 0 Å². The highest BCUT2D eigenvalue weighted by Gasteiger charge is 2.21. The standard InChI is InChI=1S/C11H11ClN2O3/c1-13(2)7-6-10(15)8-4-3-5-9(12)11(8)14(16)17/h3-7H,1-2H3/b7-6+. The summed E-state index contributed by atoms with van der Waals surface area (Å²) in [7, 11) is 3.49. The van der Waals surface area contributed by atoms with Crippen LogP contribution in [0.5, 0.6) is 0 Å². The Morgan fingerprint density at radius 1 is 1.47 bits per heavy atom. The average Bonchev–Trinajstić information content (AvgIpc) is 2.24. The first-order valence-electron chi connectivity index (χ1n) is 4.75. The Morgan fingerprint density at radius 2 is 2.12 bits per heavy atom. The van der Waals surface area contributed by atoms with Crippen molar-refractivity contribution in [2.24, 2.45) is 0 Å². The lowest BCUT2D eigenvalue weighted by molar-refractivity contribution is -0.384. The predicted molar refractivity (Wildman–Crippen MR) is 65.3 cm³/mol. The maximum absolute atomic E-state index is 11.8. The molecule has 0 amide bonds. The smallest absolute Gasteiger partial charge is 0.298 e. The summed E-state index contributed by atoms with van der Waals surface area (Å²) in [6.07, 6.45) is 2.78. The van der Waals surface area contributed by atoms with E-state index in [1.165, 1.54) is 30.5 Å². The van der Waals surface area contributed by atoms with Crippen LogP contribution in [0.4, 0.5) is 5.69 Å². The number of allylic oxidation sites excluding steroid dienone is 1. The quantitative estimate of drug-likeness (QED) is 0.358. The number of benzene rings is 1. The highest BCUT2D eigenvalue weighted by Crippen LogP contribution is 2.28. The van der Waals surface area contributed by atoms with Crippen molar-refractivity contribution < 1.29 is 9.72 Å². The minimum absolute atomic E-state index is 0.0133. The van der Waals surface area contributed by atoms with Gasteiger partial charge in [-0.3, -0.25) is 14.9 Å². The van der Waals surface area contributed by atoms with Gasteiger partial charge in [0.15, 0.2) is 5.78 Å². The van der Waals surface area contributed by atoms with Crippen molar-refractivity contribution in [1.29, 1.82) is 0 Å². The van der Waals surface area contributed by atoms with Crippen molar-refractivity contribution in [2.45, 2.75) is 0 Å². The molecule has 0 bridgehead atoms. The zero-order valence-electron chi connectivity index (χ0n) is 9.38. The summed E-state index contributed by atoms with van der Waals surface area (Å²) in [5, 5.41) is 10.8. The lowest BCUT2D eigenvalue weighted by Crippen LogP contribution is -2.05. The van der Waals surface area contributed by atoms with Crippen LogP contribution in [-0.2, 0) is 0 Å². The number of carbonyl (C=O) groups excluding carboxylic acids is 1. The number of ketones is 1. The lowest BCUT2D eigenvalue weighted by atomic mass is 10.1. The van der Waals surface area contributed by atoms with Crippen LogP contribution in [0.1, 0.15) is 10.4 Å². The molecule has 5 nitrogen and oxygen atoms in total. The van der Waals surface area contributed by atoms with Gasteiger partial charge in [-0.05, 0) is 12.1 Å². The van der Waals surface area contributed by atoms with Gasteiger partial charge in [0.05, 0.1) is 4.92 Å². The molecule has 0 aliphatic carbocycles. The Bertz CT molecular complexity index is 484. The lowest BCUT2D eigenvalue weighted by Gasteiger charge is -2.03. The topological polar surface area (TPSA) is 63.5 Å². The second kappa shape index (κ2) is 5.45. The normalized spacial score (nSPS) is 10.5. The number of nitro groups is 1. The summed E-state index contributed by atoms with van der Waals surface area (Å²) >= 11 is 5.70. The molecule has 0 spiro atoms. The third-order valence-electron chi connectivity index (χ3n) is 1.96. The maximum atomic E-state index is 11.8. The summed E-state index contributed by atoms with van der Waals surface area (Å²) < 4.78 is 0. The van der Waals surface area contributed by atoms with Gasteiger partial charge in [-0.25, -0.2) is 0 Å². The van der Waals surface area contributed by atoms with E-state index < -0.39 is 10.7 Å². The molecule has 0 saturated carbocycles. The molecule has 17 heavy (non-hydrogen) atoms. The Labute approximate surface area is 103 Å². The first-order chi connectivity index (χ1) is 7.93.